The van der Waals surface area contributed by atoms with Crippen molar-refractivity contribution in [2.24, 2.45) is 0 Å². The number of aromatic nitrogens is 4. The van der Waals surface area contributed by atoms with Gasteiger partial charge in [-0.1, -0.05) is 23.4 Å². The molecule has 0 amide bonds. The summed E-state index contributed by atoms with van der Waals surface area (Å²) in [7, 11) is 0. The maximum absolute atomic E-state index is 9.84. The number of nitrogens with zero attached hydrogens (tertiary/aromatic N) is 4. The third kappa shape index (κ3) is 1.73. The molecule has 0 fully saturated rings. The fourth-order valence-corrected chi connectivity index (χ4v) is 1.62. The predicted octanol–water partition coefficient (Wildman–Crippen LogP) is 1.94. The van der Waals surface area contributed by atoms with Crippen molar-refractivity contribution in [2.45, 2.75) is 6.92 Å². The number of hydrogen-bond donors (Lipinski definition) is 1. The Morgan fingerprint density at radius 1 is 1.22 bits per heavy atom. The first-order chi connectivity index (χ1) is 8.74. The Kier molecular flexibility index (Phi) is 2.33. The Hall–Kier alpha value is -2.63. The monoisotopic (exact) mass is 242 g/mol. The summed E-state index contributed by atoms with van der Waals surface area (Å²) in [6, 6.07) is 9.47. The van der Waals surface area contributed by atoms with E-state index < -0.39 is 0 Å². The van der Waals surface area contributed by atoms with Crippen LogP contribution in [0.3, 0.4) is 0 Å². The number of hydrogen-bond acceptors (Lipinski definition) is 5. The Balaban J connectivity index is 2.06. The van der Waals surface area contributed by atoms with E-state index in [4.69, 9.17) is 4.52 Å². The molecule has 3 aromatic rings. The summed E-state index contributed by atoms with van der Waals surface area (Å²) < 4.78 is 6.54. The van der Waals surface area contributed by atoms with E-state index in [9.17, 15) is 5.11 Å². The highest BCUT2D eigenvalue weighted by Crippen LogP contribution is 2.27. The summed E-state index contributed by atoms with van der Waals surface area (Å²) in [6.45, 7) is 1.71. The highest BCUT2D eigenvalue weighted by atomic mass is 16.5. The fourth-order valence-electron chi connectivity index (χ4n) is 1.62. The van der Waals surface area contributed by atoms with Crippen LogP contribution < -0.4 is 0 Å². The van der Waals surface area contributed by atoms with Crippen LogP contribution in [0.25, 0.3) is 17.3 Å². The summed E-state index contributed by atoms with van der Waals surface area (Å²) in [5.41, 5.74) is 1.12. The minimum absolute atomic E-state index is 0.00232. The molecular weight excluding hydrogens is 232 g/mol. The molecule has 18 heavy (non-hydrogen) atoms. The first kappa shape index (κ1) is 10.5. The van der Waals surface area contributed by atoms with E-state index in [0.717, 1.165) is 5.69 Å². The molecule has 0 aliphatic carbocycles. The minimum atomic E-state index is 0.00232. The summed E-state index contributed by atoms with van der Waals surface area (Å²) in [5, 5.41) is 17.7. The van der Waals surface area contributed by atoms with Crippen LogP contribution in [0.5, 0.6) is 5.75 Å². The standard InChI is InChI=1S/C12H10N4O2/c1-8-13-12(18-15-8)11-10(17)7-16(14-11)9-5-3-2-4-6-9/h2-7,17H,1H3. The van der Waals surface area contributed by atoms with Crippen LogP contribution in [0.15, 0.2) is 41.1 Å². The second kappa shape index (κ2) is 3.99. The largest absolute Gasteiger partial charge is 0.504 e. The molecule has 0 bridgehead atoms. The Morgan fingerprint density at radius 2 is 2.00 bits per heavy atom. The van der Waals surface area contributed by atoms with Crippen molar-refractivity contribution in [3.05, 3.63) is 42.4 Å². The van der Waals surface area contributed by atoms with Crippen molar-refractivity contribution in [1.29, 1.82) is 0 Å². The number of aromatic hydroxyl groups is 1. The number of aryl methyl sites for hydroxylation is 1. The molecule has 0 aliphatic rings. The van der Waals surface area contributed by atoms with E-state index in [-0.39, 0.29) is 17.3 Å². The van der Waals surface area contributed by atoms with E-state index in [1.807, 2.05) is 30.3 Å². The molecule has 3 rings (SSSR count). The van der Waals surface area contributed by atoms with Crippen molar-refractivity contribution < 1.29 is 9.63 Å². The number of para-hydroxylation sites is 1. The smallest absolute Gasteiger partial charge is 0.282 e. The molecule has 2 aromatic heterocycles. The summed E-state index contributed by atoms with van der Waals surface area (Å²) >= 11 is 0. The zero-order valence-corrected chi connectivity index (χ0v) is 9.61. The van der Waals surface area contributed by atoms with Crippen LogP contribution in [0.4, 0.5) is 0 Å². The molecule has 0 radical (unpaired) electrons. The van der Waals surface area contributed by atoms with Gasteiger partial charge in [0.15, 0.2) is 17.3 Å². The average molecular weight is 242 g/mol. The van der Waals surface area contributed by atoms with E-state index >= 15 is 0 Å². The van der Waals surface area contributed by atoms with E-state index in [0.29, 0.717) is 5.82 Å². The molecule has 0 saturated carbocycles. The lowest BCUT2D eigenvalue weighted by molar-refractivity contribution is 0.419. The molecular formula is C12H10N4O2. The third-order valence-corrected chi connectivity index (χ3v) is 2.45. The van der Waals surface area contributed by atoms with Gasteiger partial charge < -0.3 is 9.63 Å². The molecule has 1 aromatic carbocycles. The van der Waals surface area contributed by atoms with Crippen molar-refractivity contribution in [2.75, 3.05) is 0 Å². The van der Waals surface area contributed by atoms with E-state index in [1.54, 1.807) is 11.6 Å². The van der Waals surface area contributed by atoms with Crippen molar-refractivity contribution in [3.8, 4) is 23.0 Å². The predicted molar refractivity (Wildman–Crippen MR) is 63.3 cm³/mol. The van der Waals surface area contributed by atoms with Crippen molar-refractivity contribution in [1.82, 2.24) is 19.9 Å². The highest BCUT2D eigenvalue weighted by Gasteiger charge is 2.16. The van der Waals surface area contributed by atoms with Gasteiger partial charge in [-0.2, -0.15) is 10.1 Å². The third-order valence-electron chi connectivity index (χ3n) is 2.45. The van der Waals surface area contributed by atoms with Crippen LogP contribution >= 0.6 is 0 Å². The maximum atomic E-state index is 9.84. The maximum Gasteiger partial charge on any atom is 0.282 e. The minimum Gasteiger partial charge on any atom is -0.504 e. The van der Waals surface area contributed by atoms with Crippen molar-refractivity contribution >= 4 is 0 Å². The molecule has 6 heteroatoms. The molecule has 0 spiro atoms. The van der Waals surface area contributed by atoms with Crippen LogP contribution in [-0.2, 0) is 0 Å². The van der Waals surface area contributed by atoms with Crippen LogP contribution in [0, 0.1) is 6.92 Å². The van der Waals surface area contributed by atoms with Crippen LogP contribution in [0.2, 0.25) is 0 Å². The summed E-state index contributed by atoms with van der Waals surface area (Å²) in [4.78, 5) is 4.04. The molecule has 90 valence electrons. The molecule has 2 heterocycles. The molecule has 6 nitrogen and oxygen atoms in total. The average Bonchev–Trinajstić information content (AvgIpc) is 2.97. The van der Waals surface area contributed by atoms with Gasteiger partial charge in [-0.25, -0.2) is 4.68 Å². The molecule has 1 N–H and O–H groups in total. The topological polar surface area (TPSA) is 77.0 Å². The van der Waals surface area contributed by atoms with Crippen molar-refractivity contribution in [3.63, 3.8) is 0 Å². The second-order valence-corrected chi connectivity index (χ2v) is 3.79. The Labute approximate surface area is 102 Å². The molecule has 0 saturated heterocycles. The van der Waals surface area contributed by atoms with E-state index in [2.05, 4.69) is 15.2 Å². The summed E-state index contributed by atoms with van der Waals surface area (Å²) in [5.74, 6) is 0.709. The van der Waals surface area contributed by atoms with Gasteiger partial charge in [0.1, 0.15) is 0 Å². The second-order valence-electron chi connectivity index (χ2n) is 3.79. The number of benzene rings is 1. The number of rotatable bonds is 2. The van der Waals surface area contributed by atoms with Gasteiger partial charge in [0, 0.05) is 0 Å². The Morgan fingerprint density at radius 3 is 2.67 bits per heavy atom. The lowest BCUT2D eigenvalue weighted by Crippen LogP contribution is -1.94. The van der Waals surface area contributed by atoms with Crippen LogP contribution in [0.1, 0.15) is 5.82 Å². The first-order valence-corrected chi connectivity index (χ1v) is 5.39. The zero-order chi connectivity index (χ0) is 12.5. The first-order valence-electron chi connectivity index (χ1n) is 5.39. The fraction of sp³-hybridized carbons (Fsp3) is 0.0833. The normalized spacial score (nSPS) is 10.7. The van der Waals surface area contributed by atoms with E-state index in [1.165, 1.54) is 6.20 Å². The lowest BCUT2D eigenvalue weighted by atomic mass is 10.3. The van der Waals surface area contributed by atoms with Gasteiger partial charge in [-0.05, 0) is 19.1 Å². The molecule has 0 aliphatic heterocycles. The van der Waals surface area contributed by atoms with Gasteiger partial charge in [0.25, 0.3) is 5.89 Å². The van der Waals surface area contributed by atoms with Crippen LogP contribution in [-0.4, -0.2) is 25.0 Å². The zero-order valence-electron chi connectivity index (χ0n) is 9.61. The lowest BCUT2D eigenvalue weighted by Gasteiger charge is -1.98. The molecule has 0 atom stereocenters. The highest BCUT2D eigenvalue weighted by molar-refractivity contribution is 5.56. The van der Waals surface area contributed by atoms with Gasteiger partial charge >= 0.3 is 0 Å². The SMILES string of the molecule is Cc1noc(-c2nn(-c3ccccc3)cc2O)n1. The van der Waals surface area contributed by atoms with Gasteiger partial charge in [0.05, 0.1) is 11.9 Å². The van der Waals surface area contributed by atoms with Gasteiger partial charge in [-0.15, -0.1) is 0 Å². The quantitative estimate of drug-likeness (QED) is 0.743. The summed E-state index contributed by atoms with van der Waals surface area (Å²) in [6.07, 6.45) is 1.50. The molecule has 0 unspecified atom stereocenters. The van der Waals surface area contributed by atoms with Gasteiger partial charge in [-0.3, -0.25) is 0 Å². The Bertz CT molecular complexity index is 672. The van der Waals surface area contributed by atoms with Gasteiger partial charge in [0.2, 0.25) is 0 Å².